The number of benzene rings is 2. The predicted octanol–water partition coefficient (Wildman–Crippen LogP) is 2.74. The molecule has 0 aliphatic rings. The van der Waals surface area contributed by atoms with Gasteiger partial charge in [-0.25, -0.2) is 5.43 Å². The second kappa shape index (κ2) is 7.76. The summed E-state index contributed by atoms with van der Waals surface area (Å²) in [7, 11) is 0. The molecule has 0 aliphatic carbocycles. The van der Waals surface area contributed by atoms with E-state index in [9.17, 15) is 4.79 Å². The summed E-state index contributed by atoms with van der Waals surface area (Å²) in [5.74, 6) is -0.227. The van der Waals surface area contributed by atoms with Crippen LogP contribution in [0.5, 0.6) is 0 Å². The fourth-order valence-electron chi connectivity index (χ4n) is 2.05. The molecule has 0 heterocycles. The lowest BCUT2D eigenvalue weighted by Crippen LogP contribution is -2.26. The number of carbonyl (C=O) groups is 1. The van der Waals surface area contributed by atoms with Gasteiger partial charge >= 0.3 is 0 Å². The summed E-state index contributed by atoms with van der Waals surface area (Å²) in [6.07, 6.45) is 1.54. The zero-order chi connectivity index (χ0) is 16.7. The molecular formula is C18H18N4O. The standard InChI is InChI=1S/C18H18N4O/c1-13-3-8-17(14(2)9-13)20-12-18(23)22-21-11-16-6-4-15(10-19)5-7-16/h3-9,11,20H,12H2,1-2H3,(H,22,23). The van der Waals surface area contributed by atoms with Gasteiger partial charge in [-0.2, -0.15) is 10.4 Å². The van der Waals surface area contributed by atoms with Crippen LogP contribution in [0.4, 0.5) is 5.69 Å². The molecule has 5 nitrogen and oxygen atoms in total. The van der Waals surface area contributed by atoms with E-state index in [1.807, 2.05) is 32.0 Å². The number of nitriles is 1. The smallest absolute Gasteiger partial charge is 0.259 e. The Morgan fingerprint density at radius 3 is 2.61 bits per heavy atom. The second-order valence-corrected chi connectivity index (χ2v) is 5.20. The third-order valence-electron chi connectivity index (χ3n) is 3.26. The van der Waals surface area contributed by atoms with Crippen LogP contribution in [-0.4, -0.2) is 18.7 Å². The topological polar surface area (TPSA) is 77.3 Å². The number of carbonyl (C=O) groups excluding carboxylic acids is 1. The average Bonchev–Trinajstić information content (AvgIpc) is 2.54. The number of nitrogens with one attached hydrogen (secondary N) is 2. The first-order valence-electron chi connectivity index (χ1n) is 7.21. The van der Waals surface area contributed by atoms with E-state index in [0.717, 1.165) is 16.8 Å². The summed E-state index contributed by atoms with van der Waals surface area (Å²) >= 11 is 0. The quantitative estimate of drug-likeness (QED) is 0.658. The van der Waals surface area contributed by atoms with Crippen LogP contribution in [0.25, 0.3) is 0 Å². The van der Waals surface area contributed by atoms with Crippen molar-refractivity contribution in [2.24, 2.45) is 5.10 Å². The number of anilines is 1. The molecule has 0 spiro atoms. The zero-order valence-electron chi connectivity index (χ0n) is 13.1. The number of hydrazone groups is 1. The lowest BCUT2D eigenvalue weighted by atomic mass is 10.1. The van der Waals surface area contributed by atoms with E-state index < -0.39 is 0 Å². The van der Waals surface area contributed by atoms with Gasteiger partial charge in [0.25, 0.3) is 5.91 Å². The summed E-state index contributed by atoms with van der Waals surface area (Å²) in [6.45, 7) is 4.17. The van der Waals surface area contributed by atoms with Crippen molar-refractivity contribution in [2.45, 2.75) is 13.8 Å². The highest BCUT2D eigenvalue weighted by Crippen LogP contribution is 2.15. The first kappa shape index (κ1) is 16.2. The molecule has 2 aromatic carbocycles. The van der Waals surface area contributed by atoms with Crippen molar-refractivity contribution in [3.63, 3.8) is 0 Å². The molecule has 0 aromatic heterocycles. The Hall–Kier alpha value is -3.13. The van der Waals surface area contributed by atoms with Crippen molar-refractivity contribution in [3.05, 3.63) is 64.7 Å². The monoisotopic (exact) mass is 306 g/mol. The molecule has 2 rings (SSSR count). The van der Waals surface area contributed by atoms with E-state index >= 15 is 0 Å². The maximum atomic E-state index is 11.8. The van der Waals surface area contributed by atoms with Gasteiger partial charge in [0, 0.05) is 5.69 Å². The van der Waals surface area contributed by atoms with Crippen LogP contribution in [0.3, 0.4) is 0 Å². The Kier molecular flexibility index (Phi) is 5.48. The Bertz CT molecular complexity index is 758. The number of hydrogen-bond donors (Lipinski definition) is 2. The van der Waals surface area contributed by atoms with Crippen molar-refractivity contribution in [3.8, 4) is 6.07 Å². The molecule has 0 radical (unpaired) electrons. The molecule has 23 heavy (non-hydrogen) atoms. The Balaban J connectivity index is 1.82. The highest BCUT2D eigenvalue weighted by atomic mass is 16.2. The number of rotatable bonds is 5. The first-order valence-corrected chi connectivity index (χ1v) is 7.21. The maximum absolute atomic E-state index is 11.8. The molecule has 1 amide bonds. The molecule has 0 atom stereocenters. The van der Waals surface area contributed by atoms with Gasteiger partial charge in [0.1, 0.15) is 0 Å². The van der Waals surface area contributed by atoms with Gasteiger partial charge in [0.15, 0.2) is 0 Å². The summed E-state index contributed by atoms with van der Waals surface area (Å²) in [5.41, 5.74) is 7.08. The van der Waals surface area contributed by atoms with Gasteiger partial charge in [0.2, 0.25) is 0 Å². The first-order chi connectivity index (χ1) is 11.1. The van der Waals surface area contributed by atoms with E-state index in [-0.39, 0.29) is 12.5 Å². The summed E-state index contributed by atoms with van der Waals surface area (Å²) in [5, 5.41) is 15.7. The minimum absolute atomic E-state index is 0.147. The highest BCUT2D eigenvalue weighted by molar-refractivity contribution is 5.84. The van der Waals surface area contributed by atoms with Gasteiger partial charge < -0.3 is 5.32 Å². The number of amides is 1. The van der Waals surface area contributed by atoms with Crippen molar-refractivity contribution in [1.29, 1.82) is 5.26 Å². The fraction of sp³-hybridized carbons (Fsp3) is 0.167. The van der Waals surface area contributed by atoms with Gasteiger partial charge in [-0.05, 0) is 43.2 Å². The Morgan fingerprint density at radius 2 is 1.96 bits per heavy atom. The van der Waals surface area contributed by atoms with Gasteiger partial charge in [-0.1, -0.05) is 29.8 Å². The number of nitrogens with zero attached hydrogens (tertiary/aromatic N) is 2. The van der Waals surface area contributed by atoms with Crippen LogP contribution in [0.1, 0.15) is 22.3 Å². The summed E-state index contributed by atoms with van der Waals surface area (Å²) in [6, 6.07) is 15.0. The predicted molar refractivity (Wildman–Crippen MR) is 91.3 cm³/mol. The lowest BCUT2D eigenvalue weighted by molar-refractivity contribution is -0.119. The van der Waals surface area contributed by atoms with Crippen LogP contribution in [-0.2, 0) is 4.79 Å². The zero-order valence-corrected chi connectivity index (χ0v) is 13.1. The van der Waals surface area contributed by atoms with E-state index in [1.165, 1.54) is 11.8 Å². The minimum Gasteiger partial charge on any atom is -0.376 e. The number of hydrogen-bond acceptors (Lipinski definition) is 4. The second-order valence-electron chi connectivity index (χ2n) is 5.20. The molecule has 116 valence electrons. The molecule has 0 aliphatic heterocycles. The SMILES string of the molecule is Cc1ccc(NCC(=O)NN=Cc2ccc(C#N)cc2)c(C)c1. The van der Waals surface area contributed by atoms with E-state index in [0.29, 0.717) is 5.56 Å². The van der Waals surface area contributed by atoms with Crippen molar-refractivity contribution >= 4 is 17.8 Å². The van der Waals surface area contributed by atoms with Crippen LogP contribution in [0.2, 0.25) is 0 Å². The van der Waals surface area contributed by atoms with Gasteiger partial charge in [0.05, 0.1) is 24.4 Å². The van der Waals surface area contributed by atoms with Crippen LogP contribution >= 0.6 is 0 Å². The normalized spacial score (nSPS) is 10.3. The molecule has 0 fully saturated rings. The van der Waals surface area contributed by atoms with E-state index in [2.05, 4.69) is 21.9 Å². The molecule has 2 N–H and O–H groups in total. The average molecular weight is 306 g/mol. The largest absolute Gasteiger partial charge is 0.376 e. The van der Waals surface area contributed by atoms with Crippen LogP contribution in [0, 0.1) is 25.2 Å². The third kappa shape index (κ3) is 4.97. The molecule has 0 unspecified atom stereocenters. The van der Waals surface area contributed by atoms with E-state index in [4.69, 9.17) is 5.26 Å². The molecule has 2 aromatic rings. The van der Waals surface area contributed by atoms with Crippen molar-refractivity contribution < 1.29 is 4.79 Å². The molecular weight excluding hydrogens is 288 g/mol. The Labute approximate surface area is 135 Å². The van der Waals surface area contributed by atoms with E-state index in [1.54, 1.807) is 24.3 Å². The summed E-state index contributed by atoms with van der Waals surface area (Å²) in [4.78, 5) is 11.8. The molecule has 0 saturated carbocycles. The molecule has 0 bridgehead atoms. The van der Waals surface area contributed by atoms with Crippen LogP contribution < -0.4 is 10.7 Å². The van der Waals surface area contributed by atoms with Crippen molar-refractivity contribution in [1.82, 2.24) is 5.43 Å². The highest BCUT2D eigenvalue weighted by Gasteiger charge is 2.02. The van der Waals surface area contributed by atoms with Crippen LogP contribution in [0.15, 0.2) is 47.6 Å². The lowest BCUT2D eigenvalue weighted by Gasteiger charge is -2.09. The van der Waals surface area contributed by atoms with Gasteiger partial charge in [-0.15, -0.1) is 0 Å². The number of aryl methyl sites for hydroxylation is 2. The van der Waals surface area contributed by atoms with Gasteiger partial charge in [-0.3, -0.25) is 4.79 Å². The minimum atomic E-state index is -0.227. The molecule has 0 saturated heterocycles. The summed E-state index contributed by atoms with van der Waals surface area (Å²) < 4.78 is 0. The maximum Gasteiger partial charge on any atom is 0.259 e. The fourth-order valence-corrected chi connectivity index (χ4v) is 2.05. The Morgan fingerprint density at radius 1 is 1.22 bits per heavy atom. The molecule has 5 heteroatoms. The third-order valence-corrected chi connectivity index (χ3v) is 3.26. The van der Waals surface area contributed by atoms with Crippen molar-refractivity contribution in [2.75, 3.05) is 11.9 Å².